The Hall–Kier alpha value is -1.97. The summed E-state index contributed by atoms with van der Waals surface area (Å²) in [6.45, 7) is -0.0923. The van der Waals surface area contributed by atoms with Gasteiger partial charge in [0, 0.05) is 17.0 Å². The van der Waals surface area contributed by atoms with Crippen LogP contribution in [0.25, 0.3) is 21.7 Å². The highest BCUT2D eigenvalue weighted by molar-refractivity contribution is 6.31. The Bertz CT molecular complexity index is 846. The Balaban J connectivity index is 2.55. The third-order valence-electron chi connectivity index (χ3n) is 3.10. The third-order valence-corrected chi connectivity index (χ3v) is 3.30. The van der Waals surface area contributed by atoms with E-state index in [2.05, 4.69) is 4.98 Å². The molecule has 0 saturated heterocycles. The summed E-state index contributed by atoms with van der Waals surface area (Å²) in [5.41, 5.74) is 1.19. The van der Waals surface area contributed by atoms with Crippen LogP contribution >= 0.6 is 11.6 Å². The second-order valence-electron chi connectivity index (χ2n) is 4.33. The van der Waals surface area contributed by atoms with Gasteiger partial charge in [-0.1, -0.05) is 29.8 Å². The number of aromatic nitrogens is 1. The molecule has 0 aliphatic rings. The van der Waals surface area contributed by atoms with Crippen LogP contribution in [-0.4, -0.2) is 10.1 Å². The highest BCUT2D eigenvalue weighted by Gasteiger charge is 2.05. The molecule has 0 atom stereocenters. The van der Waals surface area contributed by atoms with Gasteiger partial charge in [-0.05, 0) is 29.1 Å². The van der Waals surface area contributed by atoms with Gasteiger partial charge in [-0.25, -0.2) is 0 Å². The highest BCUT2D eigenvalue weighted by atomic mass is 35.5. The molecule has 0 aliphatic heterocycles. The Kier molecular flexibility index (Phi) is 2.93. The van der Waals surface area contributed by atoms with Crippen molar-refractivity contribution in [2.24, 2.45) is 0 Å². The summed E-state index contributed by atoms with van der Waals surface area (Å²) in [4.78, 5) is 16.7. The van der Waals surface area contributed by atoms with Crippen LogP contribution in [-0.2, 0) is 6.61 Å². The van der Waals surface area contributed by atoms with Crippen molar-refractivity contribution in [2.75, 3.05) is 0 Å². The van der Waals surface area contributed by atoms with E-state index in [0.717, 1.165) is 5.39 Å². The van der Waals surface area contributed by atoms with E-state index < -0.39 is 0 Å². The third kappa shape index (κ3) is 2.07. The second kappa shape index (κ2) is 4.61. The van der Waals surface area contributed by atoms with Crippen molar-refractivity contribution >= 4 is 33.3 Å². The number of halogens is 1. The Morgan fingerprint density at radius 3 is 2.68 bits per heavy atom. The largest absolute Gasteiger partial charge is 0.392 e. The van der Waals surface area contributed by atoms with Gasteiger partial charge >= 0.3 is 0 Å². The zero-order valence-electron chi connectivity index (χ0n) is 9.93. The molecule has 94 valence electrons. The van der Waals surface area contributed by atoms with E-state index in [-0.39, 0.29) is 12.0 Å². The lowest BCUT2D eigenvalue weighted by atomic mass is 10.1. The predicted molar refractivity (Wildman–Crippen MR) is 76.5 cm³/mol. The first kappa shape index (κ1) is 12.1. The lowest BCUT2D eigenvalue weighted by Crippen LogP contribution is -2.00. The quantitative estimate of drug-likeness (QED) is 0.740. The van der Waals surface area contributed by atoms with Crippen LogP contribution < -0.4 is 5.43 Å². The molecule has 0 saturated carbocycles. The average molecular weight is 272 g/mol. The molecule has 2 aromatic carbocycles. The SMILES string of the molecule is O=c1c2cc(CO)ccc2ccc2ncc(Cl)cc12. The highest BCUT2D eigenvalue weighted by Crippen LogP contribution is 2.18. The summed E-state index contributed by atoms with van der Waals surface area (Å²) in [5, 5.41) is 11.5. The lowest BCUT2D eigenvalue weighted by Gasteiger charge is -1.97. The molecule has 4 heteroatoms. The molecule has 3 aromatic rings. The number of hydrogen-bond donors (Lipinski definition) is 1. The van der Waals surface area contributed by atoms with Crippen LogP contribution in [0, 0.1) is 0 Å². The smallest absolute Gasteiger partial charge is 0.195 e. The van der Waals surface area contributed by atoms with Crippen molar-refractivity contribution in [2.45, 2.75) is 6.61 Å². The van der Waals surface area contributed by atoms with E-state index in [1.807, 2.05) is 12.1 Å². The first-order valence-corrected chi connectivity index (χ1v) is 6.19. The van der Waals surface area contributed by atoms with Crippen LogP contribution in [0.3, 0.4) is 0 Å². The molecule has 0 amide bonds. The van der Waals surface area contributed by atoms with Gasteiger partial charge in [0.15, 0.2) is 5.43 Å². The first-order valence-electron chi connectivity index (χ1n) is 5.81. The second-order valence-corrected chi connectivity index (χ2v) is 4.76. The molecule has 1 heterocycles. The summed E-state index contributed by atoms with van der Waals surface area (Å²) in [6, 6.07) is 10.6. The zero-order chi connectivity index (χ0) is 13.4. The van der Waals surface area contributed by atoms with Gasteiger partial charge in [0.1, 0.15) is 0 Å². The molecule has 1 aromatic heterocycles. The minimum absolute atomic E-state index is 0.0923. The van der Waals surface area contributed by atoms with Gasteiger partial charge in [-0.15, -0.1) is 0 Å². The average Bonchev–Trinajstić information content (AvgIpc) is 2.57. The van der Waals surface area contributed by atoms with Crippen LogP contribution in [0.4, 0.5) is 0 Å². The monoisotopic (exact) mass is 271 g/mol. The molecule has 3 rings (SSSR count). The molecule has 3 nitrogen and oxygen atoms in total. The maximum Gasteiger partial charge on any atom is 0.195 e. The number of rotatable bonds is 1. The number of hydrogen-bond acceptors (Lipinski definition) is 3. The van der Waals surface area contributed by atoms with Gasteiger partial charge < -0.3 is 5.11 Å². The fraction of sp³-hybridized carbons (Fsp3) is 0.0667. The molecule has 0 fully saturated rings. The van der Waals surface area contributed by atoms with Crippen LogP contribution in [0.15, 0.2) is 47.4 Å². The predicted octanol–water partition coefficient (Wildman–Crippen LogP) is 2.89. The number of benzene rings is 1. The first-order chi connectivity index (χ1) is 9.19. The number of nitrogens with zero attached hydrogens (tertiary/aromatic N) is 1. The van der Waals surface area contributed by atoms with Crippen molar-refractivity contribution in [3.05, 3.63) is 63.4 Å². The fourth-order valence-electron chi connectivity index (χ4n) is 2.12. The minimum Gasteiger partial charge on any atom is -0.392 e. The van der Waals surface area contributed by atoms with Gasteiger partial charge in [-0.3, -0.25) is 9.78 Å². The molecule has 0 radical (unpaired) electrons. The van der Waals surface area contributed by atoms with Crippen molar-refractivity contribution in [1.29, 1.82) is 0 Å². The summed E-state index contributed by atoms with van der Waals surface area (Å²) < 4.78 is 0. The van der Waals surface area contributed by atoms with Crippen molar-refractivity contribution < 1.29 is 5.11 Å². The van der Waals surface area contributed by atoms with Gasteiger partial charge in [0.2, 0.25) is 0 Å². The molecule has 0 bridgehead atoms. The van der Waals surface area contributed by atoms with Gasteiger partial charge in [0.25, 0.3) is 0 Å². The van der Waals surface area contributed by atoms with Crippen LogP contribution in [0.2, 0.25) is 5.02 Å². The maximum atomic E-state index is 12.5. The van der Waals surface area contributed by atoms with Crippen molar-refractivity contribution in [3.63, 3.8) is 0 Å². The fourth-order valence-corrected chi connectivity index (χ4v) is 2.28. The van der Waals surface area contributed by atoms with Crippen LogP contribution in [0.1, 0.15) is 5.56 Å². The summed E-state index contributed by atoms with van der Waals surface area (Å²) in [6.07, 6.45) is 1.52. The molecule has 19 heavy (non-hydrogen) atoms. The number of fused-ring (bicyclic) bond motifs is 2. The molecule has 0 aliphatic carbocycles. The molecule has 1 N–H and O–H groups in total. The molecular formula is C15H10ClNO2. The number of aliphatic hydroxyl groups excluding tert-OH is 1. The van der Waals surface area contributed by atoms with Crippen molar-refractivity contribution in [1.82, 2.24) is 4.98 Å². The Morgan fingerprint density at radius 1 is 1.11 bits per heavy atom. The van der Waals surface area contributed by atoms with Gasteiger partial charge in [0.05, 0.1) is 17.1 Å². The van der Waals surface area contributed by atoms with E-state index >= 15 is 0 Å². The minimum atomic E-state index is -0.125. The Labute approximate surface area is 114 Å². The standard InChI is InChI=1S/C15H10ClNO2/c16-11-6-13-14(17-7-11)4-3-10-2-1-9(8-18)5-12(10)15(13)19/h1-7,18H,8H2. The van der Waals surface area contributed by atoms with E-state index in [0.29, 0.717) is 26.9 Å². The molecule has 0 spiro atoms. The van der Waals surface area contributed by atoms with E-state index in [1.165, 1.54) is 6.20 Å². The maximum absolute atomic E-state index is 12.5. The van der Waals surface area contributed by atoms with E-state index in [4.69, 9.17) is 11.6 Å². The number of pyridine rings is 1. The number of aliphatic hydroxyl groups is 1. The lowest BCUT2D eigenvalue weighted by molar-refractivity contribution is 0.282. The summed E-state index contributed by atoms with van der Waals surface area (Å²) in [5.74, 6) is 0. The van der Waals surface area contributed by atoms with Crippen LogP contribution in [0.5, 0.6) is 0 Å². The van der Waals surface area contributed by atoms with Gasteiger partial charge in [-0.2, -0.15) is 0 Å². The molecular weight excluding hydrogens is 262 g/mol. The normalized spacial score (nSPS) is 11.1. The van der Waals surface area contributed by atoms with E-state index in [1.54, 1.807) is 24.3 Å². The molecule has 0 unspecified atom stereocenters. The summed E-state index contributed by atoms with van der Waals surface area (Å²) >= 11 is 5.90. The summed E-state index contributed by atoms with van der Waals surface area (Å²) in [7, 11) is 0. The Morgan fingerprint density at radius 2 is 1.89 bits per heavy atom. The van der Waals surface area contributed by atoms with E-state index in [9.17, 15) is 9.90 Å². The zero-order valence-corrected chi connectivity index (χ0v) is 10.7. The van der Waals surface area contributed by atoms with Crippen molar-refractivity contribution in [3.8, 4) is 0 Å². The topological polar surface area (TPSA) is 50.2 Å².